The van der Waals surface area contributed by atoms with E-state index in [9.17, 15) is 24.0 Å². The molecule has 0 saturated carbocycles. The SMILES string of the molecule is O=[N+]([O-])c1ccccc1-c1nnc(Sc2cn(CC(O)(Cn3cncn3)c3ccc(F)cc3F)nn2)o1. The van der Waals surface area contributed by atoms with Gasteiger partial charge in [0.25, 0.3) is 16.8 Å². The number of rotatable bonds is 9. The van der Waals surface area contributed by atoms with Gasteiger partial charge in [-0.15, -0.1) is 15.3 Å². The van der Waals surface area contributed by atoms with Gasteiger partial charge in [0, 0.05) is 17.7 Å². The van der Waals surface area contributed by atoms with Gasteiger partial charge in [-0.1, -0.05) is 23.4 Å². The molecule has 5 aromatic rings. The second-order valence-electron chi connectivity index (χ2n) is 7.75. The van der Waals surface area contributed by atoms with Crippen molar-refractivity contribution in [2.24, 2.45) is 0 Å². The summed E-state index contributed by atoms with van der Waals surface area (Å²) in [4.78, 5) is 14.5. The van der Waals surface area contributed by atoms with Gasteiger partial charge < -0.3 is 9.52 Å². The fourth-order valence-corrected chi connectivity index (χ4v) is 4.24. The molecule has 0 spiro atoms. The lowest BCUT2D eigenvalue weighted by atomic mass is 9.93. The predicted molar refractivity (Wildman–Crippen MR) is 121 cm³/mol. The Kier molecular flexibility index (Phi) is 6.41. The zero-order valence-corrected chi connectivity index (χ0v) is 19.4. The minimum absolute atomic E-state index is 0.0441. The predicted octanol–water partition coefficient (Wildman–Crippen LogP) is 2.85. The van der Waals surface area contributed by atoms with Gasteiger partial charge in [-0.2, -0.15) is 5.10 Å². The lowest BCUT2D eigenvalue weighted by Crippen LogP contribution is -2.37. The zero-order valence-electron chi connectivity index (χ0n) is 18.5. The van der Waals surface area contributed by atoms with Crippen molar-refractivity contribution in [3.63, 3.8) is 0 Å². The van der Waals surface area contributed by atoms with E-state index < -0.39 is 22.2 Å². The smallest absolute Gasteiger partial charge is 0.283 e. The van der Waals surface area contributed by atoms with Gasteiger partial charge in [-0.3, -0.25) is 10.1 Å². The Labute approximate surface area is 209 Å². The van der Waals surface area contributed by atoms with Crippen LogP contribution in [0.5, 0.6) is 0 Å². The molecule has 13 nitrogen and oxygen atoms in total. The molecule has 16 heteroatoms. The Morgan fingerprint density at radius 2 is 1.92 bits per heavy atom. The summed E-state index contributed by atoms with van der Waals surface area (Å²) in [5.74, 6) is -1.77. The Morgan fingerprint density at radius 1 is 1.11 bits per heavy atom. The summed E-state index contributed by atoms with van der Waals surface area (Å²) in [5.41, 5.74) is -2.09. The van der Waals surface area contributed by atoms with E-state index in [4.69, 9.17) is 4.42 Å². The van der Waals surface area contributed by atoms with Gasteiger partial charge in [0.15, 0.2) is 0 Å². The molecule has 0 fully saturated rings. The van der Waals surface area contributed by atoms with Crippen LogP contribution in [0.3, 0.4) is 0 Å². The third-order valence-corrected chi connectivity index (χ3v) is 5.93. The lowest BCUT2D eigenvalue weighted by Gasteiger charge is -2.28. The van der Waals surface area contributed by atoms with Crippen LogP contribution < -0.4 is 0 Å². The van der Waals surface area contributed by atoms with Crippen LogP contribution in [0.2, 0.25) is 0 Å². The average Bonchev–Trinajstić information content (AvgIpc) is 3.62. The van der Waals surface area contributed by atoms with Crippen molar-refractivity contribution in [3.05, 3.63) is 88.6 Å². The summed E-state index contributed by atoms with van der Waals surface area (Å²) in [7, 11) is 0. The van der Waals surface area contributed by atoms with Crippen molar-refractivity contribution >= 4 is 17.4 Å². The molecule has 0 bridgehead atoms. The van der Waals surface area contributed by atoms with Gasteiger partial charge in [0.1, 0.15) is 40.5 Å². The van der Waals surface area contributed by atoms with Crippen LogP contribution in [0.4, 0.5) is 14.5 Å². The van der Waals surface area contributed by atoms with Crippen LogP contribution in [0, 0.1) is 21.7 Å². The highest BCUT2D eigenvalue weighted by Gasteiger charge is 2.35. The number of nitro groups is 1. The zero-order chi connectivity index (χ0) is 26.0. The molecule has 0 saturated heterocycles. The summed E-state index contributed by atoms with van der Waals surface area (Å²) in [5, 5.41) is 42.7. The standard InChI is InChI=1S/C21H15F2N9O4S/c22-13-5-6-15(16(23)7-13)21(33,10-31-12-24-11-25-31)9-30-8-18(26-29-30)37-20-28-27-19(36-20)14-3-1-2-4-17(14)32(34)35/h1-8,11-12,33H,9-10H2. The normalized spacial score (nSPS) is 12.9. The number of nitro benzene ring substituents is 1. The highest BCUT2D eigenvalue weighted by Crippen LogP contribution is 2.33. The Balaban J connectivity index is 1.37. The van der Waals surface area contributed by atoms with Gasteiger partial charge in [-0.25, -0.2) is 23.1 Å². The molecule has 5 rings (SSSR count). The molecular weight excluding hydrogens is 512 g/mol. The summed E-state index contributed by atoms with van der Waals surface area (Å²) >= 11 is 0.933. The van der Waals surface area contributed by atoms with Crippen LogP contribution in [0.15, 0.2) is 76.0 Å². The second kappa shape index (κ2) is 9.82. The van der Waals surface area contributed by atoms with E-state index >= 15 is 0 Å². The van der Waals surface area contributed by atoms with E-state index in [1.807, 2.05) is 0 Å². The molecule has 1 N–H and O–H groups in total. The third kappa shape index (κ3) is 5.19. The first kappa shape index (κ1) is 24.1. The molecule has 0 aliphatic carbocycles. The highest BCUT2D eigenvalue weighted by molar-refractivity contribution is 7.99. The van der Waals surface area contributed by atoms with Crippen LogP contribution in [0.25, 0.3) is 11.5 Å². The number of benzene rings is 2. The van der Waals surface area contributed by atoms with Crippen molar-refractivity contribution in [1.82, 2.24) is 40.0 Å². The molecule has 1 atom stereocenters. The highest BCUT2D eigenvalue weighted by atomic mass is 32.2. The number of para-hydroxylation sites is 1. The molecule has 0 amide bonds. The number of aromatic nitrogens is 8. The lowest BCUT2D eigenvalue weighted by molar-refractivity contribution is -0.384. The number of nitrogens with zero attached hydrogens (tertiary/aromatic N) is 9. The van der Waals surface area contributed by atoms with Crippen molar-refractivity contribution in [2.45, 2.75) is 28.9 Å². The molecule has 3 heterocycles. The summed E-state index contributed by atoms with van der Waals surface area (Å²) in [6, 6.07) is 8.80. The van der Waals surface area contributed by atoms with Gasteiger partial charge in [0.05, 0.1) is 24.2 Å². The Hall–Kier alpha value is -4.57. The Morgan fingerprint density at radius 3 is 2.68 bits per heavy atom. The fourth-order valence-electron chi connectivity index (χ4n) is 3.61. The third-order valence-electron chi connectivity index (χ3n) is 5.19. The molecule has 0 radical (unpaired) electrons. The van der Waals surface area contributed by atoms with Gasteiger partial charge >= 0.3 is 0 Å². The van der Waals surface area contributed by atoms with Gasteiger partial charge in [0.2, 0.25) is 0 Å². The topological polar surface area (TPSA) is 164 Å². The largest absolute Gasteiger partial charge is 0.411 e. The quantitative estimate of drug-likeness (QED) is 0.221. The number of halogens is 2. The maximum Gasteiger partial charge on any atom is 0.283 e. The van der Waals surface area contributed by atoms with Crippen molar-refractivity contribution in [3.8, 4) is 11.5 Å². The molecule has 188 valence electrons. The van der Waals surface area contributed by atoms with E-state index in [1.54, 1.807) is 6.07 Å². The van der Waals surface area contributed by atoms with E-state index in [0.29, 0.717) is 11.1 Å². The monoisotopic (exact) mass is 527 g/mol. The molecule has 0 aliphatic rings. The number of hydrogen-bond acceptors (Lipinski definition) is 11. The minimum atomic E-state index is -1.90. The molecule has 37 heavy (non-hydrogen) atoms. The first-order chi connectivity index (χ1) is 17.8. The fraction of sp³-hybridized carbons (Fsp3) is 0.143. The Bertz CT molecular complexity index is 1560. The maximum atomic E-state index is 14.6. The maximum absolute atomic E-state index is 14.6. The summed E-state index contributed by atoms with van der Waals surface area (Å²) < 4.78 is 36.2. The molecule has 2 aromatic carbocycles. The molecule has 0 aliphatic heterocycles. The van der Waals surface area contributed by atoms with Crippen LogP contribution in [-0.2, 0) is 18.7 Å². The minimum Gasteiger partial charge on any atom is -0.411 e. The van der Waals surface area contributed by atoms with Gasteiger partial charge in [-0.05, 0) is 23.9 Å². The van der Waals surface area contributed by atoms with E-state index in [0.717, 1.165) is 23.9 Å². The van der Waals surface area contributed by atoms with Crippen LogP contribution in [0.1, 0.15) is 5.56 Å². The van der Waals surface area contributed by atoms with Crippen molar-refractivity contribution < 1.29 is 23.2 Å². The summed E-state index contributed by atoms with van der Waals surface area (Å²) in [6.07, 6.45) is 4.06. The van der Waals surface area contributed by atoms with Crippen LogP contribution >= 0.6 is 11.8 Å². The summed E-state index contributed by atoms with van der Waals surface area (Å²) in [6.45, 7) is -0.477. The molecular formula is C21H15F2N9O4S. The van der Waals surface area contributed by atoms with Crippen molar-refractivity contribution in [1.29, 1.82) is 0 Å². The average molecular weight is 527 g/mol. The molecule has 1 unspecified atom stereocenters. The van der Waals surface area contributed by atoms with E-state index in [1.165, 1.54) is 46.4 Å². The van der Waals surface area contributed by atoms with E-state index in [2.05, 4.69) is 30.6 Å². The second-order valence-corrected chi connectivity index (χ2v) is 8.72. The molecule has 3 aromatic heterocycles. The van der Waals surface area contributed by atoms with E-state index in [-0.39, 0.29) is 41.0 Å². The van der Waals surface area contributed by atoms with Crippen molar-refractivity contribution in [2.75, 3.05) is 0 Å². The first-order valence-electron chi connectivity index (χ1n) is 10.5. The first-order valence-corrected chi connectivity index (χ1v) is 11.3. The number of hydrogen-bond donors (Lipinski definition) is 1. The van der Waals surface area contributed by atoms with Crippen LogP contribution in [-0.4, -0.2) is 50.0 Å². The number of aliphatic hydroxyl groups is 1.